The molecule has 4 rings (SSSR count). The van der Waals surface area contributed by atoms with Crippen molar-refractivity contribution in [3.05, 3.63) is 60.6 Å². The minimum Gasteiger partial charge on any atom is -0.494 e. The summed E-state index contributed by atoms with van der Waals surface area (Å²) in [7, 11) is -3.68. The number of anilines is 1. The maximum atomic E-state index is 13.1. The van der Waals surface area contributed by atoms with Crippen molar-refractivity contribution >= 4 is 21.6 Å². The highest BCUT2D eigenvalue weighted by Gasteiger charge is 2.27. The Balaban J connectivity index is 1.66. The Labute approximate surface area is 181 Å². The van der Waals surface area contributed by atoms with Crippen LogP contribution in [0, 0.1) is 0 Å². The van der Waals surface area contributed by atoms with Crippen molar-refractivity contribution in [2.45, 2.75) is 24.2 Å². The lowest BCUT2D eigenvalue weighted by Crippen LogP contribution is -2.35. The molecule has 0 radical (unpaired) electrons. The van der Waals surface area contributed by atoms with E-state index in [1.165, 1.54) is 22.7 Å². The van der Waals surface area contributed by atoms with Gasteiger partial charge in [0.15, 0.2) is 5.75 Å². The summed E-state index contributed by atoms with van der Waals surface area (Å²) in [5, 5.41) is 2.70. The number of ether oxygens (including phenoxy) is 3. The van der Waals surface area contributed by atoms with E-state index in [4.69, 9.17) is 14.2 Å². The van der Waals surface area contributed by atoms with Crippen LogP contribution in [0.25, 0.3) is 0 Å². The topological polar surface area (TPSA) is 94.2 Å². The predicted octanol–water partition coefficient (Wildman–Crippen LogP) is 3.48. The Kier molecular flexibility index (Phi) is 6.43. The first-order valence-electron chi connectivity index (χ1n) is 10.2. The monoisotopic (exact) mass is 444 g/mol. The summed E-state index contributed by atoms with van der Waals surface area (Å²) >= 11 is 0. The van der Waals surface area contributed by atoms with Gasteiger partial charge in [-0.1, -0.05) is 24.6 Å². The van der Waals surface area contributed by atoms with Crippen LogP contribution in [0.15, 0.2) is 65.4 Å². The normalized spacial score (nSPS) is 17.1. The second-order valence-electron chi connectivity index (χ2n) is 7.19. The maximum absolute atomic E-state index is 13.1. The van der Waals surface area contributed by atoms with Crippen LogP contribution in [0.2, 0.25) is 0 Å². The number of rotatable bonds is 6. The molecular weight excluding hydrogens is 420 g/mol. The molecule has 164 valence electrons. The van der Waals surface area contributed by atoms with Crippen LogP contribution in [0.5, 0.6) is 11.5 Å². The molecule has 8 nitrogen and oxygen atoms in total. The Bertz CT molecular complexity index is 1060. The van der Waals surface area contributed by atoms with E-state index in [9.17, 15) is 13.2 Å². The van der Waals surface area contributed by atoms with Crippen LogP contribution in [0.4, 0.5) is 5.69 Å². The maximum Gasteiger partial charge on any atom is 0.294 e. The Morgan fingerprint density at radius 1 is 1.00 bits per heavy atom. The minimum absolute atomic E-state index is 0.0150. The number of nitrogens with one attached hydrogen (secondary N) is 1. The SMILES string of the molecule is O=C(Nc1cc(S(=O)(=O)N2CCCCC2)ccc1Oc1ccccc1)C1=COCCO1. The van der Waals surface area contributed by atoms with Gasteiger partial charge in [0.2, 0.25) is 15.8 Å². The summed E-state index contributed by atoms with van der Waals surface area (Å²) in [6.07, 6.45) is 3.94. The predicted molar refractivity (Wildman–Crippen MR) is 114 cm³/mol. The van der Waals surface area contributed by atoms with Gasteiger partial charge in [-0.2, -0.15) is 4.31 Å². The molecule has 2 aromatic rings. The summed E-state index contributed by atoms with van der Waals surface area (Å²) < 4.78 is 44.1. The van der Waals surface area contributed by atoms with Gasteiger partial charge in [0, 0.05) is 13.1 Å². The molecule has 1 saturated heterocycles. The third-order valence-corrected chi connectivity index (χ3v) is 6.89. The molecule has 2 aromatic carbocycles. The van der Waals surface area contributed by atoms with Crippen LogP contribution in [0.3, 0.4) is 0 Å². The minimum atomic E-state index is -3.68. The molecule has 2 aliphatic heterocycles. The lowest BCUT2D eigenvalue weighted by atomic mass is 10.2. The van der Waals surface area contributed by atoms with Crippen molar-refractivity contribution < 1.29 is 27.4 Å². The summed E-state index contributed by atoms with van der Waals surface area (Å²) in [5.41, 5.74) is 0.224. The third kappa shape index (κ3) is 5.00. The van der Waals surface area contributed by atoms with E-state index in [2.05, 4.69) is 5.32 Å². The molecule has 1 amide bonds. The summed E-state index contributed by atoms with van der Waals surface area (Å²) in [4.78, 5) is 12.7. The average Bonchev–Trinajstić information content (AvgIpc) is 2.82. The molecule has 9 heteroatoms. The number of carbonyl (C=O) groups excluding carboxylic acids is 1. The zero-order valence-corrected chi connectivity index (χ0v) is 17.8. The highest BCUT2D eigenvalue weighted by molar-refractivity contribution is 7.89. The van der Waals surface area contributed by atoms with Crippen LogP contribution in [-0.2, 0) is 24.3 Å². The second kappa shape index (κ2) is 9.40. The first-order valence-corrected chi connectivity index (χ1v) is 11.6. The molecule has 0 aliphatic carbocycles. The summed E-state index contributed by atoms with van der Waals surface area (Å²) in [6, 6.07) is 13.5. The fraction of sp³-hybridized carbons (Fsp3) is 0.318. The van der Waals surface area contributed by atoms with Gasteiger partial charge in [-0.25, -0.2) is 8.42 Å². The number of para-hydroxylation sites is 1. The Morgan fingerprint density at radius 2 is 1.77 bits per heavy atom. The van der Waals surface area contributed by atoms with Gasteiger partial charge < -0.3 is 19.5 Å². The molecule has 1 fully saturated rings. The van der Waals surface area contributed by atoms with Gasteiger partial charge >= 0.3 is 0 Å². The number of benzene rings is 2. The quantitative estimate of drug-likeness (QED) is 0.733. The number of nitrogens with zero attached hydrogens (tertiary/aromatic N) is 1. The molecule has 0 saturated carbocycles. The lowest BCUT2D eigenvalue weighted by Gasteiger charge is -2.26. The van der Waals surface area contributed by atoms with E-state index in [0.717, 1.165) is 19.3 Å². The number of hydrogen-bond acceptors (Lipinski definition) is 6. The highest BCUT2D eigenvalue weighted by Crippen LogP contribution is 2.33. The fourth-order valence-corrected chi connectivity index (χ4v) is 4.94. The number of sulfonamides is 1. The van der Waals surface area contributed by atoms with Gasteiger partial charge in [-0.05, 0) is 43.2 Å². The standard InChI is InChI=1S/C22H24N2O6S/c25-22(21-16-28-13-14-29-21)23-19-15-18(31(26,27)24-11-5-2-6-12-24)9-10-20(19)30-17-7-3-1-4-8-17/h1,3-4,7-10,15-16H,2,5-6,11-14H2,(H,23,25). The van der Waals surface area contributed by atoms with Gasteiger partial charge in [-0.15, -0.1) is 0 Å². The van der Waals surface area contributed by atoms with E-state index >= 15 is 0 Å². The van der Waals surface area contributed by atoms with E-state index in [0.29, 0.717) is 31.2 Å². The van der Waals surface area contributed by atoms with E-state index in [1.54, 1.807) is 18.2 Å². The first-order chi connectivity index (χ1) is 15.0. The third-order valence-electron chi connectivity index (χ3n) is 5.00. The lowest BCUT2D eigenvalue weighted by molar-refractivity contribution is -0.117. The van der Waals surface area contributed by atoms with Gasteiger partial charge in [0.05, 0.1) is 10.6 Å². The molecule has 2 aliphatic rings. The van der Waals surface area contributed by atoms with Crippen LogP contribution in [0.1, 0.15) is 19.3 Å². The molecule has 0 spiro atoms. The van der Waals surface area contributed by atoms with E-state index in [-0.39, 0.29) is 22.9 Å². The van der Waals surface area contributed by atoms with Crippen molar-refractivity contribution in [2.75, 3.05) is 31.6 Å². The van der Waals surface area contributed by atoms with Crippen molar-refractivity contribution in [2.24, 2.45) is 0 Å². The largest absolute Gasteiger partial charge is 0.494 e. The molecule has 0 unspecified atom stereocenters. The van der Waals surface area contributed by atoms with Crippen LogP contribution in [-0.4, -0.2) is 44.9 Å². The molecule has 31 heavy (non-hydrogen) atoms. The Hall–Kier alpha value is -3.04. The first kappa shape index (κ1) is 21.2. The van der Waals surface area contributed by atoms with Crippen LogP contribution >= 0.6 is 0 Å². The molecule has 0 aromatic heterocycles. The average molecular weight is 445 g/mol. The number of piperidine rings is 1. The number of amides is 1. The van der Waals surface area contributed by atoms with Gasteiger partial charge in [0.1, 0.15) is 25.2 Å². The Morgan fingerprint density at radius 3 is 2.48 bits per heavy atom. The highest BCUT2D eigenvalue weighted by atomic mass is 32.2. The van der Waals surface area contributed by atoms with Gasteiger partial charge in [0.25, 0.3) is 5.91 Å². The number of hydrogen-bond donors (Lipinski definition) is 1. The van der Waals surface area contributed by atoms with E-state index < -0.39 is 15.9 Å². The summed E-state index contributed by atoms with van der Waals surface area (Å²) in [6.45, 7) is 1.60. The van der Waals surface area contributed by atoms with Crippen molar-refractivity contribution in [1.29, 1.82) is 0 Å². The zero-order chi connectivity index (χ0) is 21.7. The zero-order valence-electron chi connectivity index (χ0n) is 17.0. The molecule has 0 atom stereocenters. The molecule has 2 heterocycles. The van der Waals surface area contributed by atoms with Crippen LogP contribution < -0.4 is 10.1 Å². The molecule has 0 bridgehead atoms. The molecule has 1 N–H and O–H groups in total. The van der Waals surface area contributed by atoms with Crippen molar-refractivity contribution in [3.8, 4) is 11.5 Å². The smallest absolute Gasteiger partial charge is 0.294 e. The van der Waals surface area contributed by atoms with Crippen molar-refractivity contribution in [3.63, 3.8) is 0 Å². The number of carbonyl (C=O) groups is 1. The second-order valence-corrected chi connectivity index (χ2v) is 9.13. The van der Waals surface area contributed by atoms with Gasteiger partial charge in [-0.3, -0.25) is 4.79 Å². The molecular formula is C22H24N2O6S. The summed E-state index contributed by atoms with van der Waals surface area (Å²) in [5.74, 6) is 0.335. The van der Waals surface area contributed by atoms with Crippen molar-refractivity contribution in [1.82, 2.24) is 4.31 Å². The van der Waals surface area contributed by atoms with E-state index in [1.807, 2.05) is 18.2 Å². The fourth-order valence-electron chi connectivity index (χ4n) is 3.40.